The molecule has 0 unspecified atom stereocenters. The zero-order chi connectivity index (χ0) is 44.3. The lowest BCUT2D eigenvalue weighted by molar-refractivity contribution is -0.140. The van der Waals surface area contributed by atoms with Crippen molar-refractivity contribution in [1.82, 2.24) is 0 Å². The van der Waals surface area contributed by atoms with Gasteiger partial charge in [-0.25, -0.2) is 24.0 Å². The molecule has 61 heavy (non-hydrogen) atoms. The van der Waals surface area contributed by atoms with Gasteiger partial charge in [-0.2, -0.15) is 0 Å². The van der Waals surface area contributed by atoms with Crippen LogP contribution >= 0.6 is 0 Å². The van der Waals surface area contributed by atoms with E-state index in [1.807, 2.05) is 18.2 Å². The van der Waals surface area contributed by atoms with E-state index in [0.29, 0.717) is 61.5 Å². The van der Waals surface area contributed by atoms with Crippen molar-refractivity contribution in [3.8, 4) is 34.5 Å². The van der Waals surface area contributed by atoms with E-state index in [1.54, 1.807) is 45.0 Å². The van der Waals surface area contributed by atoms with Crippen LogP contribution in [0.2, 0.25) is 0 Å². The van der Waals surface area contributed by atoms with Gasteiger partial charge in [0, 0.05) is 35.6 Å². The standard InChI is InChI=1S/C47H50O14/c1-30(2)43(48)57-21-9-8-20-54-37-16-14-33-26-35(13-12-34(33)27-37)46(51)60-38-17-19-40(41(29-38)53-7)61-47(52)36-15-18-39(55-22-10-24-58-44(49)31(3)4)42(28-36)56-23-11-25-59-45(50)32(5)6/h12-19,26-29H,1,3,5,8-11,20-25H2,2,4,6-7H3. The number of hydrogen-bond donors (Lipinski definition) is 0. The van der Waals surface area contributed by atoms with Crippen molar-refractivity contribution in [3.05, 3.63) is 120 Å². The molecule has 0 amide bonds. The van der Waals surface area contributed by atoms with E-state index >= 15 is 0 Å². The second kappa shape index (κ2) is 23.5. The van der Waals surface area contributed by atoms with Crippen molar-refractivity contribution < 1.29 is 66.6 Å². The van der Waals surface area contributed by atoms with Gasteiger partial charge in [-0.1, -0.05) is 31.9 Å². The normalized spacial score (nSPS) is 10.5. The molecule has 0 heterocycles. The summed E-state index contributed by atoms with van der Waals surface area (Å²) in [6, 6.07) is 19.5. The molecule has 4 aromatic carbocycles. The number of methoxy groups -OCH3 is 1. The van der Waals surface area contributed by atoms with Gasteiger partial charge >= 0.3 is 29.8 Å². The maximum Gasteiger partial charge on any atom is 0.343 e. The Balaban J connectivity index is 1.36. The maximum atomic E-state index is 13.4. The second-order valence-corrected chi connectivity index (χ2v) is 13.7. The first kappa shape index (κ1) is 46.6. The van der Waals surface area contributed by atoms with Crippen LogP contribution in [0.4, 0.5) is 0 Å². The Morgan fingerprint density at radius 1 is 0.443 bits per heavy atom. The molecule has 14 heteroatoms. The SMILES string of the molecule is C=C(C)C(=O)OCCCCOc1ccc2cc(C(=O)Oc3ccc(OC(=O)c4ccc(OCCCOC(=O)C(=C)C)c(OCCCOC(=O)C(=C)C)c4)c(OC)c3)ccc2c1. The molecule has 14 nitrogen and oxygen atoms in total. The van der Waals surface area contributed by atoms with Gasteiger partial charge in [0.15, 0.2) is 23.0 Å². The fourth-order valence-electron chi connectivity index (χ4n) is 5.17. The van der Waals surface area contributed by atoms with E-state index in [9.17, 15) is 24.0 Å². The zero-order valence-electron chi connectivity index (χ0n) is 34.8. The van der Waals surface area contributed by atoms with Crippen molar-refractivity contribution in [2.24, 2.45) is 0 Å². The Labute approximate surface area is 354 Å². The minimum atomic E-state index is -0.743. The number of esters is 5. The number of ether oxygens (including phenoxy) is 9. The molecule has 0 aliphatic heterocycles. The van der Waals surface area contributed by atoms with E-state index in [0.717, 1.165) is 10.8 Å². The second-order valence-electron chi connectivity index (χ2n) is 13.7. The van der Waals surface area contributed by atoms with Crippen LogP contribution in [0.5, 0.6) is 34.5 Å². The smallest absolute Gasteiger partial charge is 0.343 e. The topological polar surface area (TPSA) is 168 Å². The molecule has 0 aliphatic rings. The van der Waals surface area contributed by atoms with Gasteiger partial charge in [-0.3, -0.25) is 0 Å². The number of hydrogen-bond acceptors (Lipinski definition) is 14. The van der Waals surface area contributed by atoms with Gasteiger partial charge in [0.25, 0.3) is 0 Å². The zero-order valence-corrected chi connectivity index (χ0v) is 34.8. The summed E-state index contributed by atoms with van der Waals surface area (Å²) in [5, 5.41) is 1.66. The Morgan fingerprint density at radius 3 is 1.54 bits per heavy atom. The highest BCUT2D eigenvalue weighted by Crippen LogP contribution is 2.34. The van der Waals surface area contributed by atoms with Gasteiger partial charge in [0.1, 0.15) is 11.5 Å². The van der Waals surface area contributed by atoms with E-state index in [-0.39, 0.29) is 66.1 Å². The highest BCUT2D eigenvalue weighted by atomic mass is 16.6. The van der Waals surface area contributed by atoms with Crippen LogP contribution in [-0.4, -0.2) is 76.6 Å². The maximum absolute atomic E-state index is 13.4. The molecular formula is C47H50O14. The number of unbranched alkanes of at least 4 members (excludes halogenated alkanes) is 1. The molecule has 0 saturated heterocycles. The molecule has 4 rings (SSSR count). The molecule has 0 fully saturated rings. The summed E-state index contributed by atoms with van der Waals surface area (Å²) in [5.74, 6) is -1.22. The molecule has 0 bridgehead atoms. The van der Waals surface area contributed by atoms with Crippen LogP contribution in [-0.2, 0) is 28.6 Å². The summed E-state index contributed by atoms with van der Waals surface area (Å²) >= 11 is 0. The Hall–Kier alpha value is -7.09. The number of rotatable bonds is 24. The molecule has 0 atom stereocenters. The average molecular weight is 839 g/mol. The highest BCUT2D eigenvalue weighted by molar-refractivity contribution is 5.97. The van der Waals surface area contributed by atoms with Crippen molar-refractivity contribution in [2.45, 2.75) is 46.5 Å². The first-order valence-corrected chi connectivity index (χ1v) is 19.4. The lowest BCUT2D eigenvalue weighted by atomic mass is 10.1. The summed E-state index contributed by atoms with van der Waals surface area (Å²) in [4.78, 5) is 61.4. The highest BCUT2D eigenvalue weighted by Gasteiger charge is 2.19. The Bertz CT molecular complexity index is 2260. The molecule has 0 radical (unpaired) electrons. The van der Waals surface area contributed by atoms with E-state index in [4.69, 9.17) is 42.6 Å². The molecular weight excluding hydrogens is 789 g/mol. The fraction of sp³-hybridized carbons (Fsp3) is 0.298. The molecule has 0 aromatic heterocycles. The van der Waals surface area contributed by atoms with Crippen LogP contribution < -0.4 is 28.4 Å². The third kappa shape index (κ3) is 14.9. The van der Waals surface area contributed by atoms with Gasteiger partial charge in [0.2, 0.25) is 0 Å². The minimum Gasteiger partial charge on any atom is -0.494 e. The van der Waals surface area contributed by atoms with E-state index in [1.165, 1.54) is 37.4 Å². The molecule has 0 aliphatic carbocycles. The number of benzene rings is 4. The number of fused-ring (bicyclic) bond motifs is 1. The van der Waals surface area contributed by atoms with Crippen LogP contribution in [0, 0.1) is 0 Å². The van der Waals surface area contributed by atoms with E-state index < -0.39 is 29.8 Å². The molecule has 0 spiro atoms. The van der Waals surface area contributed by atoms with Crippen molar-refractivity contribution in [1.29, 1.82) is 0 Å². The average Bonchev–Trinajstić information content (AvgIpc) is 3.24. The first-order valence-electron chi connectivity index (χ1n) is 19.4. The van der Waals surface area contributed by atoms with Gasteiger partial charge < -0.3 is 42.6 Å². The first-order chi connectivity index (χ1) is 29.2. The van der Waals surface area contributed by atoms with Crippen molar-refractivity contribution in [2.75, 3.05) is 46.8 Å². The van der Waals surface area contributed by atoms with Crippen LogP contribution in [0.1, 0.15) is 67.2 Å². The quantitative estimate of drug-likeness (QED) is 0.0217. The van der Waals surface area contributed by atoms with Crippen molar-refractivity contribution >= 4 is 40.6 Å². The van der Waals surface area contributed by atoms with Crippen LogP contribution in [0.25, 0.3) is 10.8 Å². The van der Waals surface area contributed by atoms with Crippen LogP contribution in [0.15, 0.2) is 109 Å². The predicted octanol–water partition coefficient (Wildman–Crippen LogP) is 8.34. The van der Waals surface area contributed by atoms with Crippen LogP contribution in [0.3, 0.4) is 0 Å². The monoisotopic (exact) mass is 838 g/mol. The van der Waals surface area contributed by atoms with Gasteiger partial charge in [-0.05, 0) is 99.0 Å². The lowest BCUT2D eigenvalue weighted by Crippen LogP contribution is -2.12. The summed E-state index contributed by atoms with van der Waals surface area (Å²) in [7, 11) is 1.38. The number of carbonyl (C=O) groups is 5. The summed E-state index contributed by atoms with van der Waals surface area (Å²) in [6.07, 6.45) is 2.07. The Morgan fingerprint density at radius 2 is 0.918 bits per heavy atom. The largest absolute Gasteiger partial charge is 0.494 e. The van der Waals surface area contributed by atoms with Gasteiger partial charge in [-0.15, -0.1) is 0 Å². The molecule has 322 valence electrons. The number of carbonyl (C=O) groups excluding carboxylic acids is 5. The summed E-state index contributed by atoms with van der Waals surface area (Å²) < 4.78 is 49.7. The molecule has 0 N–H and O–H groups in total. The van der Waals surface area contributed by atoms with Gasteiger partial charge in [0.05, 0.1) is 57.9 Å². The summed E-state index contributed by atoms with van der Waals surface area (Å²) in [5.41, 5.74) is 1.36. The third-order valence-electron chi connectivity index (χ3n) is 8.42. The third-order valence-corrected chi connectivity index (χ3v) is 8.42. The van der Waals surface area contributed by atoms with E-state index in [2.05, 4.69) is 19.7 Å². The fourth-order valence-corrected chi connectivity index (χ4v) is 5.17. The Kier molecular flexibility index (Phi) is 17.9. The lowest BCUT2D eigenvalue weighted by Gasteiger charge is -2.15. The minimum absolute atomic E-state index is 0.0636. The summed E-state index contributed by atoms with van der Waals surface area (Å²) in [6.45, 7) is 16.6. The predicted molar refractivity (Wildman–Crippen MR) is 226 cm³/mol. The molecule has 4 aromatic rings. The molecule has 0 saturated carbocycles. The van der Waals surface area contributed by atoms with Crippen molar-refractivity contribution in [3.63, 3.8) is 0 Å².